The Morgan fingerprint density at radius 1 is 0.870 bits per heavy atom. The van der Waals surface area contributed by atoms with Gasteiger partial charge in [-0.05, 0) is 87.4 Å². The third kappa shape index (κ3) is 9.11. The minimum atomic E-state index is -4.22. The fourth-order valence-electron chi connectivity index (χ4n) is 5.01. The van der Waals surface area contributed by atoms with Crippen molar-refractivity contribution in [2.45, 2.75) is 57.6 Å². The second-order valence-corrected chi connectivity index (χ2v) is 13.6. The van der Waals surface area contributed by atoms with Crippen LogP contribution in [0, 0.1) is 6.92 Å². The highest BCUT2D eigenvalue weighted by Crippen LogP contribution is 2.27. The van der Waals surface area contributed by atoms with Gasteiger partial charge >= 0.3 is 0 Å². The molecule has 4 rings (SSSR count). The van der Waals surface area contributed by atoms with Gasteiger partial charge in [-0.15, -0.1) is 0 Å². The van der Waals surface area contributed by atoms with E-state index < -0.39 is 28.5 Å². The molecule has 46 heavy (non-hydrogen) atoms. The predicted octanol–water partition coefficient (Wildman–Crippen LogP) is 6.41. The maximum atomic E-state index is 14.5. The van der Waals surface area contributed by atoms with Gasteiger partial charge in [-0.2, -0.15) is 0 Å². The summed E-state index contributed by atoms with van der Waals surface area (Å²) in [6.45, 7) is 7.37. The first-order valence-electron chi connectivity index (χ1n) is 15.2. The maximum absolute atomic E-state index is 14.5. The number of halogens is 1. The van der Waals surface area contributed by atoms with Gasteiger partial charge in [0.2, 0.25) is 11.8 Å². The van der Waals surface area contributed by atoms with Crippen LogP contribution in [-0.2, 0) is 32.6 Å². The number of hydrogen-bond donors (Lipinski definition) is 1. The Labute approximate surface area is 277 Å². The molecule has 0 bridgehead atoms. The molecule has 10 heteroatoms. The number of rotatable bonds is 14. The topological polar surface area (TPSA) is 96.0 Å². The highest BCUT2D eigenvalue weighted by Gasteiger charge is 2.35. The van der Waals surface area contributed by atoms with E-state index in [9.17, 15) is 18.0 Å². The Hall–Kier alpha value is -4.34. The standard InChI is InChI=1S/C36H40ClN3O5S/c1-5-45-32-18-20-33(21-19-32)46(43,44)40(31-16-14-27(4)15-17-31)25-35(41)39(24-29-12-9-13-30(37)22-29)34(36(42)38-26(2)3)23-28-10-7-6-8-11-28/h6-22,26,34H,5,23-25H2,1-4H3,(H,38,42)/t34-/m1/s1. The van der Waals surface area contributed by atoms with Gasteiger partial charge in [0, 0.05) is 24.0 Å². The number of nitrogens with zero attached hydrogens (tertiary/aromatic N) is 2. The van der Waals surface area contributed by atoms with Crippen molar-refractivity contribution in [3.05, 3.63) is 125 Å². The van der Waals surface area contributed by atoms with E-state index in [0.717, 1.165) is 15.4 Å². The normalized spacial score (nSPS) is 12.0. The molecule has 0 saturated heterocycles. The van der Waals surface area contributed by atoms with E-state index in [-0.39, 0.29) is 29.8 Å². The number of anilines is 1. The third-order valence-electron chi connectivity index (χ3n) is 7.27. The molecule has 0 spiro atoms. The largest absolute Gasteiger partial charge is 0.494 e. The second-order valence-electron chi connectivity index (χ2n) is 11.3. The van der Waals surface area contributed by atoms with Crippen LogP contribution in [0.15, 0.2) is 108 Å². The van der Waals surface area contributed by atoms with Crippen LogP contribution in [0.25, 0.3) is 0 Å². The third-order valence-corrected chi connectivity index (χ3v) is 9.29. The van der Waals surface area contributed by atoms with E-state index in [1.54, 1.807) is 54.6 Å². The average Bonchev–Trinajstić information content (AvgIpc) is 3.02. The molecule has 8 nitrogen and oxygen atoms in total. The van der Waals surface area contributed by atoms with E-state index >= 15 is 0 Å². The van der Waals surface area contributed by atoms with Crippen LogP contribution in [0.1, 0.15) is 37.5 Å². The van der Waals surface area contributed by atoms with Gasteiger partial charge in [-0.3, -0.25) is 13.9 Å². The van der Waals surface area contributed by atoms with E-state index in [4.69, 9.17) is 16.3 Å². The van der Waals surface area contributed by atoms with Crippen LogP contribution < -0.4 is 14.4 Å². The quantitative estimate of drug-likeness (QED) is 0.169. The maximum Gasteiger partial charge on any atom is 0.264 e. The summed E-state index contributed by atoms with van der Waals surface area (Å²) in [5, 5.41) is 3.44. The lowest BCUT2D eigenvalue weighted by Gasteiger charge is -2.34. The first-order chi connectivity index (χ1) is 22.0. The number of nitrogens with one attached hydrogen (secondary N) is 1. The SMILES string of the molecule is CCOc1ccc(S(=O)(=O)N(CC(=O)N(Cc2cccc(Cl)c2)[C@H](Cc2ccccc2)C(=O)NC(C)C)c2ccc(C)cc2)cc1. The van der Waals surface area contributed by atoms with Gasteiger partial charge in [-0.25, -0.2) is 8.42 Å². The van der Waals surface area contributed by atoms with Crippen molar-refractivity contribution in [3.8, 4) is 5.75 Å². The predicted molar refractivity (Wildman–Crippen MR) is 183 cm³/mol. The van der Waals surface area contributed by atoms with Crippen molar-refractivity contribution in [2.75, 3.05) is 17.5 Å². The minimum absolute atomic E-state index is 0.00380. The van der Waals surface area contributed by atoms with Gasteiger partial charge in [0.05, 0.1) is 17.2 Å². The summed E-state index contributed by atoms with van der Waals surface area (Å²) in [7, 11) is -4.22. The lowest BCUT2D eigenvalue weighted by atomic mass is 10.0. The van der Waals surface area contributed by atoms with Crippen molar-refractivity contribution in [1.29, 1.82) is 0 Å². The van der Waals surface area contributed by atoms with Crippen molar-refractivity contribution in [3.63, 3.8) is 0 Å². The molecule has 0 radical (unpaired) electrons. The summed E-state index contributed by atoms with van der Waals surface area (Å²) >= 11 is 6.31. The Kier molecular flexibility index (Phi) is 11.8. The molecule has 4 aromatic rings. The number of sulfonamides is 1. The molecule has 0 heterocycles. The Bertz CT molecular complexity index is 1710. The number of carbonyl (C=O) groups is 2. The Morgan fingerprint density at radius 3 is 2.13 bits per heavy atom. The minimum Gasteiger partial charge on any atom is -0.494 e. The lowest BCUT2D eigenvalue weighted by Crippen LogP contribution is -2.54. The van der Waals surface area contributed by atoms with Crippen LogP contribution in [0.2, 0.25) is 5.02 Å². The van der Waals surface area contributed by atoms with Crippen LogP contribution >= 0.6 is 11.6 Å². The lowest BCUT2D eigenvalue weighted by molar-refractivity contribution is -0.140. The van der Waals surface area contributed by atoms with Crippen LogP contribution in [0.4, 0.5) is 5.69 Å². The molecule has 0 fully saturated rings. The fraction of sp³-hybridized carbons (Fsp3) is 0.278. The number of benzene rings is 4. The van der Waals surface area contributed by atoms with Crippen molar-refractivity contribution >= 4 is 39.1 Å². The van der Waals surface area contributed by atoms with Gasteiger partial charge in [-0.1, -0.05) is 71.8 Å². The van der Waals surface area contributed by atoms with E-state index in [1.807, 2.05) is 64.1 Å². The van der Waals surface area contributed by atoms with E-state index in [0.29, 0.717) is 28.6 Å². The van der Waals surface area contributed by atoms with Crippen LogP contribution in [-0.4, -0.2) is 50.4 Å². The average molecular weight is 662 g/mol. The molecule has 0 aromatic heterocycles. The highest BCUT2D eigenvalue weighted by atomic mass is 35.5. The zero-order valence-corrected chi connectivity index (χ0v) is 28.1. The molecule has 0 unspecified atom stereocenters. The zero-order chi connectivity index (χ0) is 33.3. The second kappa shape index (κ2) is 15.8. The fourth-order valence-corrected chi connectivity index (χ4v) is 6.64. The molecule has 0 aliphatic carbocycles. The first-order valence-corrected chi connectivity index (χ1v) is 17.0. The number of amides is 2. The van der Waals surface area contributed by atoms with Crippen molar-refractivity contribution < 1.29 is 22.7 Å². The summed E-state index contributed by atoms with van der Waals surface area (Å²) in [6.07, 6.45) is 0.224. The van der Waals surface area contributed by atoms with E-state index in [1.165, 1.54) is 17.0 Å². The number of hydrogen-bond acceptors (Lipinski definition) is 5. The summed E-state index contributed by atoms with van der Waals surface area (Å²) in [4.78, 5) is 29.7. The summed E-state index contributed by atoms with van der Waals surface area (Å²) < 4.78 is 35.0. The Balaban J connectivity index is 1.79. The Morgan fingerprint density at radius 2 is 1.52 bits per heavy atom. The van der Waals surface area contributed by atoms with Crippen molar-refractivity contribution in [1.82, 2.24) is 10.2 Å². The van der Waals surface area contributed by atoms with Crippen molar-refractivity contribution in [2.24, 2.45) is 0 Å². The molecular formula is C36H40ClN3O5S. The van der Waals surface area contributed by atoms with Gasteiger partial charge in [0.1, 0.15) is 18.3 Å². The molecule has 242 valence electrons. The molecule has 1 N–H and O–H groups in total. The number of ether oxygens (including phenoxy) is 1. The van der Waals surface area contributed by atoms with Gasteiger partial charge in [0.15, 0.2) is 0 Å². The summed E-state index contributed by atoms with van der Waals surface area (Å²) in [5.74, 6) is -0.354. The highest BCUT2D eigenvalue weighted by molar-refractivity contribution is 7.92. The smallest absolute Gasteiger partial charge is 0.264 e. The molecule has 1 atom stereocenters. The molecular weight excluding hydrogens is 622 g/mol. The summed E-state index contributed by atoms with van der Waals surface area (Å²) in [5.41, 5.74) is 2.81. The molecule has 0 aliphatic rings. The van der Waals surface area contributed by atoms with Gasteiger partial charge in [0.25, 0.3) is 10.0 Å². The zero-order valence-electron chi connectivity index (χ0n) is 26.5. The molecule has 0 aliphatic heterocycles. The van der Waals surface area contributed by atoms with E-state index in [2.05, 4.69) is 5.32 Å². The number of aryl methyl sites for hydroxylation is 1. The summed E-state index contributed by atoms with van der Waals surface area (Å²) in [6, 6.07) is 28.4. The molecule has 2 amide bonds. The monoisotopic (exact) mass is 661 g/mol. The van der Waals surface area contributed by atoms with Crippen LogP contribution in [0.3, 0.4) is 0 Å². The van der Waals surface area contributed by atoms with Gasteiger partial charge < -0.3 is 15.0 Å². The first kappa shape index (κ1) is 34.5. The molecule has 0 saturated carbocycles. The van der Waals surface area contributed by atoms with Crippen LogP contribution in [0.5, 0.6) is 5.75 Å². The molecule has 4 aromatic carbocycles. The number of carbonyl (C=O) groups excluding carboxylic acids is 2.